The molecule has 0 bridgehead atoms. The van der Waals surface area contributed by atoms with Crippen LogP contribution in [0.2, 0.25) is 0 Å². The van der Waals surface area contributed by atoms with Crippen molar-refractivity contribution < 1.29 is 19.1 Å². The van der Waals surface area contributed by atoms with Gasteiger partial charge in [-0.2, -0.15) is 0 Å². The van der Waals surface area contributed by atoms with Crippen LogP contribution < -0.4 is 9.47 Å². The third-order valence-electron chi connectivity index (χ3n) is 6.62. The first-order valence-electron chi connectivity index (χ1n) is 12.7. The van der Waals surface area contributed by atoms with Crippen molar-refractivity contribution >= 4 is 11.9 Å². The van der Waals surface area contributed by atoms with Gasteiger partial charge in [0.25, 0.3) is 0 Å². The van der Waals surface area contributed by atoms with Gasteiger partial charge in [-0.25, -0.2) is 9.59 Å². The number of hydrogen-bond donors (Lipinski definition) is 0. The smallest absolute Gasteiger partial charge is 0.343 e. The fourth-order valence-electron chi connectivity index (χ4n) is 4.97. The lowest BCUT2D eigenvalue weighted by Gasteiger charge is -2.25. The monoisotopic (exact) mass is 470 g/mol. The zero-order valence-corrected chi connectivity index (χ0v) is 20.9. The summed E-state index contributed by atoms with van der Waals surface area (Å²) in [5, 5.41) is 0. The summed E-state index contributed by atoms with van der Waals surface area (Å²) in [5.41, 5.74) is 4.04. The van der Waals surface area contributed by atoms with E-state index in [2.05, 4.69) is 19.9 Å². The van der Waals surface area contributed by atoms with Crippen LogP contribution in [0.5, 0.6) is 11.5 Å². The molecule has 1 aliphatic rings. The normalized spacial score (nSPS) is 13.7. The predicted octanol–water partition coefficient (Wildman–Crippen LogP) is 7.54. The molecule has 1 saturated carbocycles. The molecule has 35 heavy (non-hydrogen) atoms. The van der Waals surface area contributed by atoms with Crippen LogP contribution in [0, 0.1) is 5.92 Å². The molecule has 1 fully saturated rings. The topological polar surface area (TPSA) is 52.6 Å². The number of carbonyl (C=O) groups is 2. The van der Waals surface area contributed by atoms with E-state index in [1.807, 2.05) is 43.3 Å². The Morgan fingerprint density at radius 1 is 0.800 bits per heavy atom. The molecule has 4 rings (SSSR count). The highest BCUT2D eigenvalue weighted by molar-refractivity contribution is 5.93. The summed E-state index contributed by atoms with van der Waals surface area (Å²) in [7, 11) is 0. The minimum Gasteiger partial charge on any atom is -0.419 e. The van der Waals surface area contributed by atoms with Crippen molar-refractivity contribution in [2.24, 2.45) is 5.92 Å². The molecule has 3 aromatic rings. The van der Waals surface area contributed by atoms with E-state index < -0.39 is 11.9 Å². The Kier molecular flexibility index (Phi) is 8.02. The first-order valence-corrected chi connectivity index (χ1v) is 12.7. The van der Waals surface area contributed by atoms with Crippen LogP contribution in [0.15, 0.2) is 66.7 Å². The zero-order valence-electron chi connectivity index (χ0n) is 20.9. The number of carbonyl (C=O) groups excluding carboxylic acids is 2. The number of aryl methyl sites for hydroxylation is 1. The van der Waals surface area contributed by atoms with Gasteiger partial charge in [0, 0.05) is 5.56 Å². The third-order valence-corrected chi connectivity index (χ3v) is 6.62. The Balaban J connectivity index is 1.87. The largest absolute Gasteiger partial charge is 0.419 e. The molecule has 0 N–H and O–H groups in total. The SMILES string of the molecule is CCc1cc(CC(C)C)c(C2CCCC2)c(OC(=O)c2ccccc2)c1OC(=O)c1ccccc1. The second kappa shape index (κ2) is 11.4. The molecule has 4 heteroatoms. The maximum atomic E-state index is 13.3. The highest BCUT2D eigenvalue weighted by Crippen LogP contribution is 2.48. The molecule has 0 spiro atoms. The van der Waals surface area contributed by atoms with E-state index in [9.17, 15) is 9.59 Å². The molecule has 4 nitrogen and oxygen atoms in total. The van der Waals surface area contributed by atoms with Gasteiger partial charge in [-0.05, 0) is 72.9 Å². The average molecular weight is 471 g/mol. The van der Waals surface area contributed by atoms with E-state index in [0.29, 0.717) is 35.0 Å². The summed E-state index contributed by atoms with van der Waals surface area (Å²) < 4.78 is 12.2. The van der Waals surface area contributed by atoms with Gasteiger partial charge in [0.05, 0.1) is 11.1 Å². The molecule has 0 radical (unpaired) electrons. The molecule has 0 heterocycles. The fourth-order valence-corrected chi connectivity index (χ4v) is 4.97. The lowest BCUT2D eigenvalue weighted by molar-refractivity contribution is 0.0679. The van der Waals surface area contributed by atoms with Gasteiger partial charge in [-0.1, -0.05) is 76.1 Å². The maximum absolute atomic E-state index is 13.3. The Bertz CT molecular complexity index is 1160. The number of hydrogen-bond acceptors (Lipinski definition) is 4. The van der Waals surface area contributed by atoms with Crippen molar-refractivity contribution in [2.75, 3.05) is 0 Å². The highest BCUT2D eigenvalue weighted by Gasteiger charge is 2.31. The summed E-state index contributed by atoms with van der Waals surface area (Å²) in [6.45, 7) is 6.43. The van der Waals surface area contributed by atoms with Gasteiger partial charge < -0.3 is 9.47 Å². The van der Waals surface area contributed by atoms with E-state index in [1.165, 1.54) is 5.56 Å². The van der Waals surface area contributed by atoms with Crippen LogP contribution in [0.4, 0.5) is 0 Å². The van der Waals surface area contributed by atoms with Crippen molar-refractivity contribution in [3.63, 3.8) is 0 Å². The average Bonchev–Trinajstić information content (AvgIpc) is 3.40. The summed E-state index contributed by atoms with van der Waals surface area (Å²) in [5.74, 6) is 0.625. The Morgan fingerprint density at radius 3 is 1.80 bits per heavy atom. The van der Waals surface area contributed by atoms with Crippen LogP contribution in [0.25, 0.3) is 0 Å². The second-order valence-electron chi connectivity index (χ2n) is 9.71. The molecule has 0 aromatic heterocycles. The summed E-state index contributed by atoms with van der Waals surface area (Å²) in [6, 6.07) is 20.1. The zero-order chi connectivity index (χ0) is 24.8. The minimum absolute atomic E-state index is 0.280. The van der Waals surface area contributed by atoms with Crippen LogP contribution in [-0.4, -0.2) is 11.9 Å². The standard InChI is InChI=1S/C31H34O4/c1-4-22-20-26(19-21(2)3)27(23-13-11-12-14-23)29(35-31(33)25-17-9-6-10-18-25)28(22)34-30(32)24-15-7-5-8-16-24/h5-10,15-18,20-21,23H,4,11-14,19H2,1-3H3. The van der Waals surface area contributed by atoms with E-state index in [0.717, 1.165) is 43.2 Å². The van der Waals surface area contributed by atoms with Gasteiger partial charge >= 0.3 is 11.9 Å². The summed E-state index contributed by atoms with van der Waals surface area (Å²) in [4.78, 5) is 26.4. The first kappa shape index (κ1) is 24.7. The predicted molar refractivity (Wildman–Crippen MR) is 138 cm³/mol. The van der Waals surface area contributed by atoms with E-state index >= 15 is 0 Å². The highest BCUT2D eigenvalue weighted by atomic mass is 16.6. The number of esters is 2. The summed E-state index contributed by atoms with van der Waals surface area (Å²) >= 11 is 0. The van der Waals surface area contributed by atoms with Crippen molar-refractivity contribution in [3.8, 4) is 11.5 Å². The van der Waals surface area contributed by atoms with Crippen molar-refractivity contribution in [1.29, 1.82) is 0 Å². The van der Waals surface area contributed by atoms with Crippen molar-refractivity contribution in [1.82, 2.24) is 0 Å². The lowest BCUT2D eigenvalue weighted by atomic mass is 9.86. The van der Waals surface area contributed by atoms with Crippen LogP contribution >= 0.6 is 0 Å². The van der Waals surface area contributed by atoms with Gasteiger partial charge in [-0.15, -0.1) is 0 Å². The Morgan fingerprint density at radius 2 is 1.31 bits per heavy atom. The lowest BCUT2D eigenvalue weighted by Crippen LogP contribution is -2.17. The van der Waals surface area contributed by atoms with Crippen molar-refractivity contribution in [2.45, 2.75) is 65.2 Å². The van der Waals surface area contributed by atoms with Gasteiger partial charge in [0.2, 0.25) is 0 Å². The van der Waals surface area contributed by atoms with E-state index in [4.69, 9.17) is 9.47 Å². The third kappa shape index (κ3) is 5.82. The molecule has 182 valence electrons. The van der Waals surface area contributed by atoms with Crippen molar-refractivity contribution in [3.05, 3.63) is 94.5 Å². The quantitative estimate of drug-likeness (QED) is 0.252. The first-order chi connectivity index (χ1) is 17.0. The molecule has 0 amide bonds. The molecule has 3 aromatic carbocycles. The molecule has 0 atom stereocenters. The molecule has 0 aliphatic heterocycles. The van der Waals surface area contributed by atoms with Crippen LogP contribution in [0.1, 0.15) is 89.8 Å². The Labute approximate surface area is 208 Å². The molecule has 0 saturated heterocycles. The molecule has 1 aliphatic carbocycles. The number of ether oxygens (including phenoxy) is 2. The number of rotatable bonds is 8. The van der Waals surface area contributed by atoms with E-state index in [1.54, 1.807) is 24.3 Å². The minimum atomic E-state index is -0.453. The van der Waals surface area contributed by atoms with Gasteiger partial charge in [-0.3, -0.25) is 0 Å². The fraction of sp³-hybridized carbons (Fsp3) is 0.355. The van der Waals surface area contributed by atoms with Crippen LogP contribution in [-0.2, 0) is 12.8 Å². The molecular formula is C31H34O4. The molecular weight excluding hydrogens is 436 g/mol. The second-order valence-corrected chi connectivity index (χ2v) is 9.71. The number of benzene rings is 3. The maximum Gasteiger partial charge on any atom is 0.343 e. The van der Waals surface area contributed by atoms with Gasteiger partial charge in [0.1, 0.15) is 0 Å². The van der Waals surface area contributed by atoms with Gasteiger partial charge in [0.15, 0.2) is 11.5 Å². The molecule has 0 unspecified atom stereocenters. The summed E-state index contributed by atoms with van der Waals surface area (Å²) in [6.07, 6.45) is 5.90. The van der Waals surface area contributed by atoms with Crippen LogP contribution in [0.3, 0.4) is 0 Å². The Hall–Kier alpha value is -3.40. The van der Waals surface area contributed by atoms with E-state index in [-0.39, 0.29) is 5.92 Å².